The summed E-state index contributed by atoms with van der Waals surface area (Å²) < 4.78 is 27.4. The van der Waals surface area contributed by atoms with Gasteiger partial charge in [0.15, 0.2) is 0 Å². The number of nitrogens with one attached hydrogen (secondary N) is 1. The summed E-state index contributed by atoms with van der Waals surface area (Å²) in [6.07, 6.45) is 1.35. The van der Waals surface area contributed by atoms with E-state index in [1.165, 1.54) is 12.1 Å². The number of halogens is 2. The van der Waals surface area contributed by atoms with Gasteiger partial charge in [0.1, 0.15) is 6.04 Å². The molecule has 1 unspecified atom stereocenters. The van der Waals surface area contributed by atoms with E-state index in [9.17, 15) is 13.2 Å². The molecule has 2 N–H and O–H groups in total. The van der Waals surface area contributed by atoms with Crippen LogP contribution in [-0.2, 0) is 14.8 Å². The van der Waals surface area contributed by atoms with Crippen LogP contribution in [0.2, 0.25) is 0 Å². The molecule has 0 saturated heterocycles. The standard InChI is InChI=1S/C11H11Br2NO4S/c1-2-3-9(11(15)16)14-19(17,18)10-5-4-7(12)6-8(10)13/h2,4-6,9,14H,1,3H2,(H,15,16). The summed E-state index contributed by atoms with van der Waals surface area (Å²) in [5, 5.41) is 8.93. The smallest absolute Gasteiger partial charge is 0.322 e. The second-order valence-corrected chi connectivity index (χ2v) is 7.06. The highest BCUT2D eigenvalue weighted by atomic mass is 79.9. The molecular weight excluding hydrogens is 402 g/mol. The first kappa shape index (κ1) is 16.4. The molecule has 0 fully saturated rings. The average Bonchev–Trinajstić information content (AvgIpc) is 2.27. The Bertz CT molecular complexity index is 601. The molecule has 0 bridgehead atoms. The predicted molar refractivity (Wildman–Crippen MR) is 78.4 cm³/mol. The maximum atomic E-state index is 12.1. The number of carboxylic acid groups (broad SMARTS) is 1. The van der Waals surface area contributed by atoms with Crippen LogP contribution >= 0.6 is 31.9 Å². The molecule has 1 atom stereocenters. The van der Waals surface area contributed by atoms with Gasteiger partial charge in [-0.1, -0.05) is 22.0 Å². The largest absolute Gasteiger partial charge is 0.480 e. The van der Waals surface area contributed by atoms with Crippen LogP contribution in [0.4, 0.5) is 0 Å². The van der Waals surface area contributed by atoms with E-state index in [2.05, 4.69) is 43.2 Å². The molecule has 0 aliphatic rings. The normalized spacial score (nSPS) is 12.9. The van der Waals surface area contributed by atoms with Crippen LogP contribution < -0.4 is 4.72 Å². The molecule has 0 heterocycles. The first-order chi connectivity index (χ1) is 8.77. The Morgan fingerprint density at radius 1 is 1.47 bits per heavy atom. The monoisotopic (exact) mass is 411 g/mol. The van der Waals surface area contributed by atoms with Crippen molar-refractivity contribution < 1.29 is 18.3 Å². The van der Waals surface area contributed by atoms with Gasteiger partial charge in [-0.05, 0) is 40.5 Å². The Hall–Kier alpha value is -0.700. The zero-order valence-corrected chi connectivity index (χ0v) is 13.6. The minimum atomic E-state index is -3.92. The molecular formula is C11H11Br2NO4S. The van der Waals surface area contributed by atoms with Crippen molar-refractivity contribution in [1.82, 2.24) is 4.72 Å². The number of carboxylic acids is 1. The van der Waals surface area contributed by atoms with E-state index >= 15 is 0 Å². The van der Waals surface area contributed by atoms with Gasteiger partial charge in [-0.2, -0.15) is 4.72 Å². The lowest BCUT2D eigenvalue weighted by Crippen LogP contribution is -2.40. The molecule has 0 amide bonds. The molecule has 8 heteroatoms. The summed E-state index contributed by atoms with van der Waals surface area (Å²) in [5.74, 6) is -1.25. The number of benzene rings is 1. The zero-order valence-electron chi connectivity index (χ0n) is 9.64. The van der Waals surface area contributed by atoms with E-state index in [-0.39, 0.29) is 11.3 Å². The summed E-state index contributed by atoms with van der Waals surface area (Å²) in [6, 6.07) is 3.27. The van der Waals surface area contributed by atoms with E-state index < -0.39 is 22.0 Å². The van der Waals surface area contributed by atoms with Crippen LogP contribution in [0.15, 0.2) is 44.7 Å². The minimum Gasteiger partial charge on any atom is -0.480 e. The maximum absolute atomic E-state index is 12.1. The fourth-order valence-corrected chi connectivity index (χ4v) is 4.26. The van der Waals surface area contributed by atoms with Crippen molar-refractivity contribution in [3.05, 3.63) is 39.8 Å². The molecule has 1 aromatic carbocycles. The summed E-state index contributed by atoms with van der Waals surface area (Å²) in [5.41, 5.74) is 0. The summed E-state index contributed by atoms with van der Waals surface area (Å²) >= 11 is 6.34. The van der Waals surface area contributed by atoms with Gasteiger partial charge in [-0.25, -0.2) is 8.42 Å². The Balaban J connectivity index is 3.09. The van der Waals surface area contributed by atoms with Crippen LogP contribution in [0.25, 0.3) is 0 Å². The van der Waals surface area contributed by atoms with Gasteiger partial charge in [0.05, 0.1) is 4.90 Å². The van der Waals surface area contributed by atoms with E-state index in [0.717, 1.165) is 0 Å². The molecule has 0 aliphatic heterocycles. The number of carbonyl (C=O) groups is 1. The Kier molecular flexibility index (Phi) is 5.72. The average molecular weight is 413 g/mol. The lowest BCUT2D eigenvalue weighted by Gasteiger charge is -2.14. The van der Waals surface area contributed by atoms with Gasteiger partial charge in [0.2, 0.25) is 10.0 Å². The number of hydrogen-bond donors (Lipinski definition) is 2. The highest BCUT2D eigenvalue weighted by molar-refractivity contribution is 9.11. The highest BCUT2D eigenvalue weighted by Gasteiger charge is 2.25. The summed E-state index contributed by atoms with van der Waals surface area (Å²) in [7, 11) is -3.92. The third-order valence-electron chi connectivity index (χ3n) is 2.18. The number of rotatable bonds is 6. The minimum absolute atomic E-state index is 0.00269. The molecule has 104 valence electrons. The summed E-state index contributed by atoms with van der Waals surface area (Å²) in [6.45, 7) is 3.40. The van der Waals surface area contributed by atoms with Gasteiger partial charge in [-0.15, -0.1) is 6.58 Å². The molecule has 1 rings (SSSR count). The van der Waals surface area contributed by atoms with Crippen LogP contribution in [-0.4, -0.2) is 25.5 Å². The molecule has 0 spiro atoms. The van der Waals surface area contributed by atoms with Crippen molar-refractivity contribution in [2.75, 3.05) is 0 Å². The molecule has 19 heavy (non-hydrogen) atoms. The van der Waals surface area contributed by atoms with E-state index in [1.807, 2.05) is 0 Å². The van der Waals surface area contributed by atoms with Crippen LogP contribution in [0.1, 0.15) is 6.42 Å². The van der Waals surface area contributed by atoms with E-state index in [1.54, 1.807) is 12.1 Å². The topological polar surface area (TPSA) is 83.5 Å². The van der Waals surface area contributed by atoms with Crippen molar-refractivity contribution in [2.24, 2.45) is 0 Å². The SMILES string of the molecule is C=CCC(NS(=O)(=O)c1ccc(Br)cc1Br)C(=O)O. The van der Waals surface area contributed by atoms with Gasteiger partial charge >= 0.3 is 5.97 Å². The van der Waals surface area contributed by atoms with Crippen molar-refractivity contribution in [3.63, 3.8) is 0 Å². The van der Waals surface area contributed by atoms with Crippen molar-refractivity contribution in [1.29, 1.82) is 0 Å². The number of aliphatic carboxylic acids is 1. The lowest BCUT2D eigenvalue weighted by molar-refractivity contribution is -0.138. The molecule has 1 aromatic rings. The fourth-order valence-electron chi connectivity index (χ4n) is 1.31. The molecule has 0 radical (unpaired) electrons. The first-order valence-electron chi connectivity index (χ1n) is 5.09. The van der Waals surface area contributed by atoms with E-state index in [4.69, 9.17) is 5.11 Å². The Morgan fingerprint density at radius 2 is 2.11 bits per heavy atom. The van der Waals surface area contributed by atoms with Crippen LogP contribution in [0.5, 0.6) is 0 Å². The van der Waals surface area contributed by atoms with Crippen LogP contribution in [0.3, 0.4) is 0 Å². The zero-order chi connectivity index (χ0) is 14.6. The van der Waals surface area contributed by atoms with Crippen molar-refractivity contribution in [3.8, 4) is 0 Å². The van der Waals surface area contributed by atoms with Gasteiger partial charge in [0.25, 0.3) is 0 Å². The van der Waals surface area contributed by atoms with E-state index in [0.29, 0.717) is 8.95 Å². The quantitative estimate of drug-likeness (QED) is 0.703. The second-order valence-electron chi connectivity index (χ2n) is 3.61. The predicted octanol–water partition coefficient (Wildman–Crippen LogP) is 2.52. The number of hydrogen-bond acceptors (Lipinski definition) is 3. The Morgan fingerprint density at radius 3 is 2.58 bits per heavy atom. The molecule has 5 nitrogen and oxygen atoms in total. The number of sulfonamides is 1. The summed E-state index contributed by atoms with van der Waals surface area (Å²) in [4.78, 5) is 10.9. The van der Waals surface area contributed by atoms with Crippen molar-refractivity contribution >= 4 is 47.9 Å². The maximum Gasteiger partial charge on any atom is 0.322 e. The van der Waals surface area contributed by atoms with Crippen molar-refractivity contribution in [2.45, 2.75) is 17.4 Å². The third kappa shape index (κ3) is 4.41. The lowest BCUT2D eigenvalue weighted by atomic mass is 10.2. The third-order valence-corrected chi connectivity index (χ3v) is 5.12. The van der Waals surface area contributed by atoms with Crippen LogP contribution in [0, 0.1) is 0 Å². The second kappa shape index (κ2) is 6.65. The van der Waals surface area contributed by atoms with Gasteiger partial charge in [0, 0.05) is 8.95 Å². The van der Waals surface area contributed by atoms with Gasteiger partial charge < -0.3 is 5.11 Å². The fraction of sp³-hybridized carbons (Fsp3) is 0.182. The van der Waals surface area contributed by atoms with Gasteiger partial charge in [-0.3, -0.25) is 4.79 Å². The highest BCUT2D eigenvalue weighted by Crippen LogP contribution is 2.25. The molecule has 0 saturated carbocycles. The molecule has 0 aromatic heterocycles. The first-order valence-corrected chi connectivity index (χ1v) is 8.16. The molecule has 0 aliphatic carbocycles. The Labute approximate surface area is 128 Å².